The molecule has 1 saturated carbocycles. The molecule has 2 saturated heterocycles. The summed E-state index contributed by atoms with van der Waals surface area (Å²) < 4.78 is 5.97. The molecule has 0 unspecified atom stereocenters. The fourth-order valence-electron chi connectivity index (χ4n) is 4.69. The molecule has 0 radical (unpaired) electrons. The molecule has 2 aliphatic carbocycles. The monoisotopic (exact) mass is 261 g/mol. The number of nitriles is 1. The van der Waals surface area contributed by atoms with Gasteiger partial charge in [0, 0.05) is 12.3 Å². The topological polar surface area (TPSA) is 51.5 Å². The van der Waals surface area contributed by atoms with Crippen LogP contribution in [0.2, 0.25) is 0 Å². The molecule has 0 aromatic heterocycles. The minimum absolute atomic E-state index is 0.0605. The highest BCUT2D eigenvalue weighted by Gasteiger charge is 2.63. The Balaban J connectivity index is 1.90. The first kappa shape index (κ1) is 11.9. The summed E-state index contributed by atoms with van der Waals surface area (Å²) in [6.45, 7) is 2.79. The van der Waals surface area contributed by atoms with E-state index in [2.05, 4.69) is 19.1 Å². The van der Waals surface area contributed by atoms with E-state index in [0.29, 0.717) is 6.61 Å². The van der Waals surface area contributed by atoms with Crippen LogP contribution in [0.25, 0.3) is 0 Å². The molecular formula is C15H19NO3. The van der Waals surface area contributed by atoms with Gasteiger partial charge in [-0.3, -0.25) is 0 Å². The van der Waals surface area contributed by atoms with Gasteiger partial charge in [0.05, 0.1) is 24.2 Å². The van der Waals surface area contributed by atoms with Gasteiger partial charge in [0.2, 0.25) is 0 Å². The Morgan fingerprint density at radius 1 is 1.42 bits per heavy atom. The van der Waals surface area contributed by atoms with E-state index in [1.165, 1.54) is 5.57 Å². The van der Waals surface area contributed by atoms with Gasteiger partial charge in [0.1, 0.15) is 11.7 Å². The molecule has 0 N–H and O–H groups in total. The molecule has 5 atom stereocenters. The van der Waals surface area contributed by atoms with Gasteiger partial charge in [-0.1, -0.05) is 0 Å². The van der Waals surface area contributed by atoms with Gasteiger partial charge < -0.3 is 4.74 Å². The van der Waals surface area contributed by atoms with Gasteiger partial charge in [-0.25, -0.2) is 9.78 Å². The van der Waals surface area contributed by atoms with E-state index in [0.717, 1.165) is 32.1 Å². The summed E-state index contributed by atoms with van der Waals surface area (Å²) in [4.78, 5) is 11.5. The van der Waals surface area contributed by atoms with Crippen LogP contribution < -0.4 is 0 Å². The van der Waals surface area contributed by atoms with Crippen molar-refractivity contribution in [3.63, 3.8) is 0 Å². The minimum atomic E-state index is -0.434. The van der Waals surface area contributed by atoms with Crippen LogP contribution in [0.5, 0.6) is 0 Å². The number of fused-ring (bicyclic) bond motifs is 1. The second kappa shape index (κ2) is 3.82. The highest BCUT2D eigenvalue weighted by molar-refractivity contribution is 5.29. The molecule has 19 heavy (non-hydrogen) atoms. The summed E-state index contributed by atoms with van der Waals surface area (Å²) in [5.74, 6) is 0.120. The molecule has 2 bridgehead atoms. The van der Waals surface area contributed by atoms with Gasteiger partial charge in [-0.05, 0) is 44.3 Å². The molecule has 1 spiro atoms. The number of nitrogens with zero attached hydrogens (tertiary/aromatic N) is 1. The first-order valence-electron chi connectivity index (χ1n) is 7.26. The number of hydrogen-bond acceptors (Lipinski definition) is 4. The number of rotatable bonds is 0. The minimum Gasteiger partial charge on any atom is -0.378 e. The van der Waals surface area contributed by atoms with Gasteiger partial charge in [-0.2, -0.15) is 5.26 Å². The quantitative estimate of drug-likeness (QED) is 0.496. The van der Waals surface area contributed by atoms with Crippen LogP contribution in [0.1, 0.15) is 39.0 Å². The zero-order chi connectivity index (χ0) is 13.1. The third-order valence-electron chi connectivity index (χ3n) is 5.50. The summed E-state index contributed by atoms with van der Waals surface area (Å²) in [6, 6.07) is 2.63. The standard InChI is InChI=1S/C15H19NO3/c1-10-7-15-5-6-17-11-3-2-4-14(9-16,13(11)15)8-12(10)18-19-15/h7,11-13H,2-6,8H2,1H3/t11-,12+,13+,14-,15+/m1/s1. The zero-order valence-corrected chi connectivity index (χ0v) is 11.2. The average molecular weight is 261 g/mol. The lowest BCUT2D eigenvalue weighted by Gasteiger charge is -2.52. The van der Waals surface area contributed by atoms with Crippen molar-refractivity contribution in [2.75, 3.05) is 6.61 Å². The average Bonchev–Trinajstić information content (AvgIpc) is 2.63. The van der Waals surface area contributed by atoms with Crippen LogP contribution in [-0.4, -0.2) is 24.4 Å². The Morgan fingerprint density at radius 2 is 2.32 bits per heavy atom. The first-order chi connectivity index (χ1) is 9.19. The smallest absolute Gasteiger partial charge is 0.131 e. The summed E-state index contributed by atoms with van der Waals surface area (Å²) >= 11 is 0. The molecule has 0 amide bonds. The maximum Gasteiger partial charge on any atom is 0.131 e. The fourth-order valence-corrected chi connectivity index (χ4v) is 4.69. The van der Waals surface area contributed by atoms with Gasteiger partial charge in [-0.15, -0.1) is 0 Å². The highest BCUT2D eigenvalue weighted by Crippen LogP contribution is 2.59. The fraction of sp³-hybridized carbons (Fsp3) is 0.800. The molecule has 5 rings (SSSR count). The Labute approximate surface area is 113 Å². The second-order valence-electron chi connectivity index (χ2n) is 6.51. The van der Waals surface area contributed by atoms with Crippen molar-refractivity contribution in [3.8, 4) is 6.07 Å². The molecule has 3 aliphatic heterocycles. The Morgan fingerprint density at radius 3 is 3.11 bits per heavy atom. The molecular weight excluding hydrogens is 242 g/mol. The van der Waals surface area contributed by atoms with Crippen molar-refractivity contribution < 1.29 is 14.5 Å². The molecule has 3 heterocycles. The Kier molecular flexibility index (Phi) is 2.39. The van der Waals surface area contributed by atoms with E-state index in [4.69, 9.17) is 14.5 Å². The summed E-state index contributed by atoms with van der Waals surface area (Å²) in [7, 11) is 0. The Hall–Kier alpha value is -0.890. The predicted molar refractivity (Wildman–Crippen MR) is 66.8 cm³/mol. The lowest BCUT2D eigenvalue weighted by Crippen LogP contribution is -2.58. The van der Waals surface area contributed by atoms with Crippen LogP contribution in [0.4, 0.5) is 0 Å². The van der Waals surface area contributed by atoms with Crippen LogP contribution in [0.3, 0.4) is 0 Å². The molecule has 4 nitrogen and oxygen atoms in total. The van der Waals surface area contributed by atoms with Crippen molar-refractivity contribution in [1.82, 2.24) is 0 Å². The lowest BCUT2D eigenvalue weighted by atomic mass is 9.57. The maximum atomic E-state index is 9.86. The second-order valence-corrected chi connectivity index (χ2v) is 6.51. The highest BCUT2D eigenvalue weighted by atomic mass is 17.2. The molecule has 0 aromatic carbocycles. The van der Waals surface area contributed by atoms with Crippen LogP contribution >= 0.6 is 0 Å². The van der Waals surface area contributed by atoms with Crippen LogP contribution in [-0.2, 0) is 14.5 Å². The third-order valence-corrected chi connectivity index (χ3v) is 5.50. The molecule has 0 aromatic rings. The van der Waals surface area contributed by atoms with Crippen molar-refractivity contribution in [3.05, 3.63) is 11.6 Å². The van der Waals surface area contributed by atoms with Crippen LogP contribution in [0.15, 0.2) is 11.6 Å². The van der Waals surface area contributed by atoms with E-state index in [9.17, 15) is 5.26 Å². The van der Waals surface area contributed by atoms with E-state index in [1.54, 1.807) is 0 Å². The van der Waals surface area contributed by atoms with E-state index in [-0.39, 0.29) is 23.5 Å². The normalized spacial score (nSPS) is 51.8. The van der Waals surface area contributed by atoms with E-state index < -0.39 is 5.60 Å². The van der Waals surface area contributed by atoms with E-state index in [1.807, 2.05) is 0 Å². The molecule has 5 aliphatic rings. The largest absolute Gasteiger partial charge is 0.378 e. The zero-order valence-electron chi connectivity index (χ0n) is 11.2. The van der Waals surface area contributed by atoms with E-state index >= 15 is 0 Å². The van der Waals surface area contributed by atoms with Gasteiger partial charge >= 0.3 is 0 Å². The summed E-state index contributed by atoms with van der Waals surface area (Å²) in [5, 5.41) is 9.86. The van der Waals surface area contributed by atoms with Gasteiger partial charge in [0.25, 0.3) is 0 Å². The van der Waals surface area contributed by atoms with Crippen molar-refractivity contribution >= 4 is 0 Å². The van der Waals surface area contributed by atoms with Crippen LogP contribution in [0, 0.1) is 22.7 Å². The maximum absolute atomic E-state index is 9.86. The van der Waals surface area contributed by atoms with Gasteiger partial charge in [0.15, 0.2) is 0 Å². The lowest BCUT2D eigenvalue weighted by molar-refractivity contribution is -0.390. The third kappa shape index (κ3) is 1.44. The van der Waals surface area contributed by atoms with Crippen molar-refractivity contribution in [2.24, 2.45) is 11.3 Å². The number of ether oxygens (including phenoxy) is 1. The molecule has 102 valence electrons. The summed E-state index contributed by atoms with van der Waals surface area (Å²) in [6.07, 6.45) is 6.90. The number of hydrogen-bond donors (Lipinski definition) is 0. The molecule has 4 heteroatoms. The predicted octanol–water partition coefficient (Wildman–Crippen LogP) is 2.50. The first-order valence-corrected chi connectivity index (χ1v) is 7.26. The Bertz CT molecular complexity index is 480. The molecule has 3 fully saturated rings. The SMILES string of the molecule is CC1=C[C@]23CCO[C@@H]4CCC[C@](C#N)(C[C@@H]1OO2)[C@H]43. The van der Waals surface area contributed by atoms with Crippen molar-refractivity contribution in [2.45, 2.75) is 56.8 Å². The summed E-state index contributed by atoms with van der Waals surface area (Å²) in [5.41, 5.74) is 0.436. The van der Waals surface area contributed by atoms with Crippen molar-refractivity contribution in [1.29, 1.82) is 5.26 Å².